The van der Waals surface area contributed by atoms with Gasteiger partial charge in [0.25, 0.3) is 0 Å². The number of ether oxygens (including phenoxy) is 2. The SMILES string of the molecule is COc1ccc(N2C(=O)CCC(C(=O)Nc3ccc(-n4cncn4)cc3)C2c2ccccc2OC)cc1. The Hall–Kier alpha value is -4.66. The number of rotatable bonds is 7. The molecule has 3 aromatic carbocycles. The molecule has 9 heteroatoms. The van der Waals surface area contributed by atoms with Crippen molar-refractivity contribution >= 4 is 23.2 Å². The van der Waals surface area contributed by atoms with Gasteiger partial charge in [-0.1, -0.05) is 18.2 Å². The van der Waals surface area contributed by atoms with Crippen molar-refractivity contribution in [1.29, 1.82) is 0 Å². The molecule has 2 amide bonds. The first-order valence-corrected chi connectivity index (χ1v) is 11.9. The molecule has 4 aromatic rings. The van der Waals surface area contributed by atoms with Crippen LogP contribution in [0.4, 0.5) is 11.4 Å². The van der Waals surface area contributed by atoms with Crippen LogP contribution in [0.3, 0.4) is 0 Å². The lowest BCUT2D eigenvalue weighted by Gasteiger charge is -2.41. The maximum atomic E-state index is 13.7. The zero-order valence-corrected chi connectivity index (χ0v) is 20.6. The fourth-order valence-corrected chi connectivity index (χ4v) is 4.75. The first-order valence-electron chi connectivity index (χ1n) is 11.9. The number of hydrogen-bond acceptors (Lipinski definition) is 6. The molecule has 1 aliphatic heterocycles. The predicted octanol–water partition coefficient (Wildman–Crippen LogP) is 4.41. The second kappa shape index (κ2) is 10.5. The van der Waals surface area contributed by atoms with Crippen molar-refractivity contribution in [2.45, 2.75) is 18.9 Å². The molecule has 37 heavy (non-hydrogen) atoms. The zero-order chi connectivity index (χ0) is 25.8. The van der Waals surface area contributed by atoms with Crippen molar-refractivity contribution < 1.29 is 19.1 Å². The quantitative estimate of drug-likeness (QED) is 0.406. The molecule has 2 atom stereocenters. The maximum Gasteiger partial charge on any atom is 0.229 e. The van der Waals surface area contributed by atoms with E-state index < -0.39 is 12.0 Å². The molecule has 1 saturated heterocycles. The second-order valence-corrected chi connectivity index (χ2v) is 8.67. The number of nitrogens with zero attached hydrogens (tertiary/aromatic N) is 4. The molecule has 0 bridgehead atoms. The summed E-state index contributed by atoms with van der Waals surface area (Å²) < 4.78 is 12.6. The highest BCUT2D eigenvalue weighted by atomic mass is 16.5. The number of carbonyl (C=O) groups is 2. The van der Waals surface area contributed by atoms with Gasteiger partial charge >= 0.3 is 0 Å². The van der Waals surface area contributed by atoms with Crippen LogP contribution >= 0.6 is 0 Å². The number of amides is 2. The number of nitrogens with one attached hydrogen (secondary N) is 1. The minimum absolute atomic E-state index is 0.0534. The molecular formula is C28H27N5O4. The Kier molecular flexibility index (Phi) is 6.85. The summed E-state index contributed by atoms with van der Waals surface area (Å²) in [6.45, 7) is 0. The zero-order valence-electron chi connectivity index (χ0n) is 20.6. The third-order valence-electron chi connectivity index (χ3n) is 6.56. The van der Waals surface area contributed by atoms with E-state index in [2.05, 4.69) is 15.4 Å². The van der Waals surface area contributed by atoms with Crippen LogP contribution in [0.15, 0.2) is 85.5 Å². The first kappa shape index (κ1) is 24.1. The molecular weight excluding hydrogens is 470 g/mol. The lowest BCUT2D eigenvalue weighted by molar-refractivity contribution is -0.125. The molecule has 5 rings (SSSR count). The van der Waals surface area contributed by atoms with Gasteiger partial charge in [-0.2, -0.15) is 5.10 Å². The van der Waals surface area contributed by atoms with Gasteiger partial charge in [-0.05, 0) is 61.0 Å². The number of piperidine rings is 1. The molecule has 1 aliphatic rings. The number of anilines is 2. The monoisotopic (exact) mass is 497 g/mol. The van der Waals surface area contributed by atoms with E-state index in [1.165, 1.54) is 6.33 Å². The predicted molar refractivity (Wildman–Crippen MR) is 139 cm³/mol. The van der Waals surface area contributed by atoms with Crippen molar-refractivity contribution in [3.05, 3.63) is 91.0 Å². The Morgan fingerprint density at radius 3 is 2.35 bits per heavy atom. The van der Waals surface area contributed by atoms with Gasteiger partial charge in [0, 0.05) is 23.4 Å². The summed E-state index contributed by atoms with van der Waals surface area (Å²) in [5, 5.41) is 7.17. The Morgan fingerprint density at radius 1 is 0.946 bits per heavy atom. The molecule has 0 spiro atoms. The first-order chi connectivity index (χ1) is 18.1. The van der Waals surface area contributed by atoms with Crippen molar-refractivity contribution in [2.24, 2.45) is 5.92 Å². The van der Waals surface area contributed by atoms with Crippen molar-refractivity contribution in [1.82, 2.24) is 14.8 Å². The van der Waals surface area contributed by atoms with E-state index in [1.807, 2.05) is 72.8 Å². The van der Waals surface area contributed by atoms with Crippen molar-refractivity contribution in [3.8, 4) is 17.2 Å². The van der Waals surface area contributed by atoms with Crippen LogP contribution in [0, 0.1) is 5.92 Å². The molecule has 1 fully saturated rings. The van der Waals surface area contributed by atoms with E-state index in [1.54, 1.807) is 30.1 Å². The normalized spacial score (nSPS) is 17.4. The summed E-state index contributed by atoms with van der Waals surface area (Å²) in [6.07, 6.45) is 3.74. The fourth-order valence-electron chi connectivity index (χ4n) is 4.75. The van der Waals surface area contributed by atoms with Gasteiger partial charge in [0.2, 0.25) is 11.8 Å². The Morgan fingerprint density at radius 2 is 1.68 bits per heavy atom. The van der Waals surface area contributed by atoms with E-state index in [9.17, 15) is 9.59 Å². The molecule has 0 saturated carbocycles. The van der Waals surface area contributed by atoms with Crippen LogP contribution in [0.5, 0.6) is 11.5 Å². The molecule has 1 N–H and O–H groups in total. The number of carbonyl (C=O) groups excluding carboxylic acids is 2. The summed E-state index contributed by atoms with van der Waals surface area (Å²) in [7, 11) is 3.19. The lowest BCUT2D eigenvalue weighted by atomic mass is 9.82. The van der Waals surface area contributed by atoms with E-state index in [-0.39, 0.29) is 18.2 Å². The van der Waals surface area contributed by atoms with Gasteiger partial charge in [-0.3, -0.25) is 9.59 Å². The largest absolute Gasteiger partial charge is 0.497 e. The van der Waals surface area contributed by atoms with Crippen LogP contribution < -0.4 is 19.7 Å². The standard InChI is InChI=1S/C28H27N5O4/c1-36-22-13-11-21(12-14-22)33-26(34)16-15-24(27(33)23-5-3-4-6-25(23)37-2)28(35)31-19-7-9-20(10-8-19)32-18-29-17-30-32/h3-14,17-18,24,27H,15-16H2,1-2H3,(H,31,35). The highest BCUT2D eigenvalue weighted by molar-refractivity contribution is 6.00. The van der Waals surface area contributed by atoms with Crippen molar-refractivity contribution in [3.63, 3.8) is 0 Å². The highest BCUT2D eigenvalue weighted by Gasteiger charge is 2.42. The van der Waals surface area contributed by atoms with Gasteiger partial charge in [0.05, 0.1) is 31.9 Å². The average molecular weight is 498 g/mol. The fraction of sp³-hybridized carbons (Fsp3) is 0.214. The van der Waals surface area contributed by atoms with E-state index >= 15 is 0 Å². The maximum absolute atomic E-state index is 13.7. The third-order valence-corrected chi connectivity index (χ3v) is 6.56. The summed E-state index contributed by atoms with van der Waals surface area (Å²) in [4.78, 5) is 32.7. The highest BCUT2D eigenvalue weighted by Crippen LogP contribution is 2.43. The average Bonchev–Trinajstić information content (AvgIpc) is 3.48. The van der Waals surface area contributed by atoms with Gasteiger partial charge < -0.3 is 19.7 Å². The summed E-state index contributed by atoms with van der Waals surface area (Å²) in [5.41, 5.74) is 2.95. The minimum atomic E-state index is -0.555. The van der Waals surface area contributed by atoms with E-state index in [0.717, 1.165) is 11.3 Å². The van der Waals surface area contributed by atoms with Crippen LogP contribution in [-0.4, -0.2) is 40.8 Å². The minimum Gasteiger partial charge on any atom is -0.497 e. The van der Waals surface area contributed by atoms with Gasteiger partial charge in [-0.25, -0.2) is 9.67 Å². The Balaban J connectivity index is 1.49. The molecule has 2 heterocycles. The number of methoxy groups -OCH3 is 2. The van der Waals surface area contributed by atoms with Crippen molar-refractivity contribution in [2.75, 3.05) is 24.4 Å². The van der Waals surface area contributed by atoms with Crippen LogP contribution in [0.2, 0.25) is 0 Å². The number of para-hydroxylation sites is 1. The molecule has 2 unspecified atom stereocenters. The molecule has 0 aliphatic carbocycles. The second-order valence-electron chi connectivity index (χ2n) is 8.67. The summed E-state index contributed by atoms with van der Waals surface area (Å²) in [6, 6.07) is 21.6. The number of hydrogen-bond donors (Lipinski definition) is 1. The molecule has 9 nitrogen and oxygen atoms in total. The molecule has 1 aromatic heterocycles. The van der Waals surface area contributed by atoms with Gasteiger partial charge in [-0.15, -0.1) is 0 Å². The van der Waals surface area contributed by atoms with Gasteiger partial charge in [0.15, 0.2) is 0 Å². The van der Waals surface area contributed by atoms with Crippen LogP contribution in [0.1, 0.15) is 24.4 Å². The number of aromatic nitrogens is 3. The van der Waals surface area contributed by atoms with E-state index in [0.29, 0.717) is 29.3 Å². The lowest BCUT2D eigenvalue weighted by Crippen LogP contribution is -2.47. The van der Waals surface area contributed by atoms with E-state index in [4.69, 9.17) is 9.47 Å². The third kappa shape index (κ3) is 4.88. The summed E-state index contributed by atoms with van der Waals surface area (Å²) >= 11 is 0. The Labute approximate surface area is 214 Å². The van der Waals surface area contributed by atoms with Crippen LogP contribution in [-0.2, 0) is 9.59 Å². The molecule has 188 valence electrons. The Bertz CT molecular complexity index is 1370. The van der Waals surface area contributed by atoms with Crippen LogP contribution in [0.25, 0.3) is 5.69 Å². The summed E-state index contributed by atoms with van der Waals surface area (Å²) in [5.74, 6) is 0.574. The smallest absolute Gasteiger partial charge is 0.229 e. The van der Waals surface area contributed by atoms with Gasteiger partial charge in [0.1, 0.15) is 24.2 Å². The number of benzene rings is 3. The molecule has 0 radical (unpaired) electrons. The topological polar surface area (TPSA) is 98.6 Å².